The Morgan fingerprint density at radius 2 is 1.90 bits per heavy atom. The van der Waals surface area contributed by atoms with Gasteiger partial charge in [-0.05, 0) is 30.2 Å². The zero-order valence-electron chi connectivity index (χ0n) is 16.2. The fraction of sp³-hybridized carbons (Fsp3) is 0.227. The van der Waals surface area contributed by atoms with Gasteiger partial charge in [-0.3, -0.25) is 19.8 Å². The molecule has 148 valence electrons. The third-order valence-corrected chi connectivity index (χ3v) is 4.76. The van der Waals surface area contributed by atoms with Crippen molar-refractivity contribution in [3.05, 3.63) is 65.8 Å². The van der Waals surface area contributed by atoms with Gasteiger partial charge in [-0.25, -0.2) is 4.79 Å². The van der Waals surface area contributed by atoms with Crippen LogP contribution in [0.3, 0.4) is 0 Å². The number of urea groups is 1. The molecule has 0 atom stereocenters. The fourth-order valence-electron chi connectivity index (χ4n) is 3.49. The van der Waals surface area contributed by atoms with Gasteiger partial charge in [0.25, 0.3) is 11.8 Å². The lowest BCUT2D eigenvalue weighted by Gasteiger charge is -2.25. The molecule has 0 saturated carbocycles. The highest BCUT2D eigenvalue weighted by Crippen LogP contribution is 2.26. The Bertz CT molecular complexity index is 1120. The van der Waals surface area contributed by atoms with Gasteiger partial charge in [0.1, 0.15) is 11.3 Å². The topological polar surface area (TPSA) is 84.6 Å². The third kappa shape index (κ3) is 3.59. The predicted octanol–water partition coefficient (Wildman–Crippen LogP) is 3.55. The Hall–Kier alpha value is -3.61. The first-order chi connectivity index (χ1) is 13.9. The van der Waals surface area contributed by atoms with E-state index >= 15 is 0 Å². The van der Waals surface area contributed by atoms with Crippen LogP contribution in [0.2, 0.25) is 0 Å². The number of nitrogens with zero attached hydrogens (tertiary/aromatic N) is 2. The number of barbiturate groups is 1. The van der Waals surface area contributed by atoms with Crippen LogP contribution in [0.1, 0.15) is 25.2 Å². The number of imide groups is 2. The smallest absolute Gasteiger partial charge is 0.331 e. The lowest BCUT2D eigenvalue weighted by molar-refractivity contribution is -0.130. The minimum absolute atomic E-state index is 0.0443. The monoisotopic (exact) mass is 391 g/mol. The summed E-state index contributed by atoms with van der Waals surface area (Å²) in [6, 6.07) is 10.4. The van der Waals surface area contributed by atoms with E-state index in [9.17, 15) is 14.4 Å². The van der Waals surface area contributed by atoms with E-state index in [1.807, 2.05) is 30.5 Å². The maximum absolute atomic E-state index is 12.9. The number of aromatic nitrogens is 1. The molecule has 3 aromatic rings. The van der Waals surface area contributed by atoms with Crippen LogP contribution in [0.4, 0.5) is 4.79 Å². The van der Waals surface area contributed by atoms with E-state index in [0.29, 0.717) is 11.7 Å². The quantitative estimate of drug-likeness (QED) is 0.532. The van der Waals surface area contributed by atoms with Crippen LogP contribution >= 0.6 is 0 Å². The highest BCUT2D eigenvalue weighted by atomic mass is 16.3. The largest absolute Gasteiger partial charge is 0.467 e. The maximum Gasteiger partial charge on any atom is 0.331 e. The first-order valence-electron chi connectivity index (χ1n) is 9.43. The average molecular weight is 391 g/mol. The molecular weight excluding hydrogens is 370 g/mol. The molecule has 1 aliphatic heterocycles. The molecule has 4 rings (SSSR count). The van der Waals surface area contributed by atoms with Gasteiger partial charge in [-0.15, -0.1) is 0 Å². The Kier molecular flexibility index (Phi) is 4.80. The number of hydrogen-bond donors (Lipinski definition) is 1. The van der Waals surface area contributed by atoms with Crippen molar-refractivity contribution in [2.75, 3.05) is 0 Å². The maximum atomic E-state index is 12.9. The SMILES string of the molecule is CC(C)Cn1cc(/C=C2/C(=O)NC(=O)N(Cc3ccco3)C2=O)c2ccccc21. The first-order valence-corrected chi connectivity index (χ1v) is 9.43. The number of rotatable bonds is 5. The predicted molar refractivity (Wildman–Crippen MR) is 108 cm³/mol. The van der Waals surface area contributed by atoms with Gasteiger partial charge >= 0.3 is 6.03 Å². The molecule has 29 heavy (non-hydrogen) atoms. The number of hydrogen-bond acceptors (Lipinski definition) is 4. The number of furan rings is 1. The number of nitrogens with one attached hydrogen (secondary N) is 1. The number of fused-ring (bicyclic) bond motifs is 1. The second kappa shape index (κ2) is 7.43. The molecule has 1 fully saturated rings. The van der Waals surface area contributed by atoms with E-state index in [0.717, 1.165) is 27.9 Å². The molecule has 7 heteroatoms. The average Bonchev–Trinajstić information content (AvgIpc) is 3.30. The number of carbonyl (C=O) groups is 3. The van der Waals surface area contributed by atoms with Crippen molar-refractivity contribution in [2.24, 2.45) is 5.92 Å². The summed E-state index contributed by atoms with van der Waals surface area (Å²) in [7, 11) is 0. The van der Waals surface area contributed by atoms with Crippen LogP contribution in [0.15, 0.2) is 58.8 Å². The number of amides is 4. The third-order valence-electron chi connectivity index (χ3n) is 4.76. The van der Waals surface area contributed by atoms with E-state index < -0.39 is 17.8 Å². The molecule has 7 nitrogen and oxygen atoms in total. The molecule has 1 saturated heterocycles. The molecular formula is C22H21N3O4. The Morgan fingerprint density at radius 3 is 2.62 bits per heavy atom. The van der Waals surface area contributed by atoms with Crippen LogP contribution < -0.4 is 5.32 Å². The molecule has 0 bridgehead atoms. The van der Waals surface area contributed by atoms with Crippen molar-refractivity contribution in [1.29, 1.82) is 0 Å². The van der Waals surface area contributed by atoms with Gasteiger partial charge in [0, 0.05) is 29.2 Å². The Labute approximate surface area is 167 Å². The summed E-state index contributed by atoms with van der Waals surface area (Å²) in [6.45, 7) is 5.02. The van der Waals surface area contributed by atoms with Crippen molar-refractivity contribution in [3.8, 4) is 0 Å². The summed E-state index contributed by atoms with van der Waals surface area (Å²) in [4.78, 5) is 38.5. The van der Waals surface area contributed by atoms with Crippen LogP contribution in [0.5, 0.6) is 0 Å². The summed E-state index contributed by atoms with van der Waals surface area (Å²) in [5, 5.41) is 3.18. The van der Waals surface area contributed by atoms with Crippen molar-refractivity contribution in [2.45, 2.75) is 26.9 Å². The van der Waals surface area contributed by atoms with E-state index in [-0.39, 0.29) is 12.1 Å². The molecule has 2 aromatic heterocycles. The molecule has 1 N–H and O–H groups in total. The van der Waals surface area contributed by atoms with Crippen molar-refractivity contribution in [1.82, 2.24) is 14.8 Å². The van der Waals surface area contributed by atoms with Gasteiger partial charge in [-0.2, -0.15) is 0 Å². The van der Waals surface area contributed by atoms with Crippen molar-refractivity contribution < 1.29 is 18.8 Å². The fourth-order valence-corrected chi connectivity index (χ4v) is 3.49. The van der Waals surface area contributed by atoms with Crippen LogP contribution in [0, 0.1) is 5.92 Å². The summed E-state index contributed by atoms with van der Waals surface area (Å²) < 4.78 is 7.34. The molecule has 0 spiro atoms. The number of benzene rings is 1. The second-order valence-corrected chi connectivity index (χ2v) is 7.44. The van der Waals surface area contributed by atoms with Gasteiger partial charge in [0.2, 0.25) is 0 Å². The molecule has 1 aliphatic rings. The second-order valence-electron chi connectivity index (χ2n) is 7.44. The van der Waals surface area contributed by atoms with E-state index in [4.69, 9.17) is 4.42 Å². The summed E-state index contributed by atoms with van der Waals surface area (Å²) in [5.41, 5.74) is 1.70. The van der Waals surface area contributed by atoms with Gasteiger partial charge in [0.15, 0.2) is 0 Å². The Morgan fingerprint density at radius 1 is 1.10 bits per heavy atom. The highest BCUT2D eigenvalue weighted by Gasteiger charge is 2.36. The van der Waals surface area contributed by atoms with E-state index in [1.165, 1.54) is 6.26 Å². The summed E-state index contributed by atoms with van der Waals surface area (Å²) in [6.07, 6.45) is 4.96. The number of para-hydroxylation sites is 1. The van der Waals surface area contributed by atoms with E-state index in [2.05, 4.69) is 23.7 Å². The molecule has 3 heterocycles. The van der Waals surface area contributed by atoms with Crippen LogP contribution in [0.25, 0.3) is 17.0 Å². The summed E-state index contributed by atoms with van der Waals surface area (Å²) >= 11 is 0. The van der Waals surface area contributed by atoms with Gasteiger partial charge < -0.3 is 8.98 Å². The molecule has 0 unspecified atom stereocenters. The highest BCUT2D eigenvalue weighted by molar-refractivity contribution is 6.31. The molecule has 0 radical (unpaired) electrons. The van der Waals surface area contributed by atoms with E-state index in [1.54, 1.807) is 18.2 Å². The van der Waals surface area contributed by atoms with Crippen molar-refractivity contribution in [3.63, 3.8) is 0 Å². The van der Waals surface area contributed by atoms with Gasteiger partial charge in [-0.1, -0.05) is 32.0 Å². The number of carbonyl (C=O) groups excluding carboxylic acids is 3. The molecule has 0 aliphatic carbocycles. The molecule has 1 aromatic carbocycles. The minimum atomic E-state index is -0.754. The van der Waals surface area contributed by atoms with Crippen molar-refractivity contribution >= 4 is 34.8 Å². The zero-order chi connectivity index (χ0) is 20.5. The lowest BCUT2D eigenvalue weighted by Crippen LogP contribution is -2.53. The first kappa shape index (κ1) is 18.7. The summed E-state index contributed by atoms with van der Waals surface area (Å²) in [5.74, 6) is -0.449. The van der Waals surface area contributed by atoms with Crippen LogP contribution in [-0.4, -0.2) is 27.3 Å². The van der Waals surface area contributed by atoms with Crippen LogP contribution in [-0.2, 0) is 22.7 Å². The normalized spacial score (nSPS) is 16.3. The Balaban J connectivity index is 1.74. The minimum Gasteiger partial charge on any atom is -0.467 e. The lowest BCUT2D eigenvalue weighted by atomic mass is 10.1. The molecule has 4 amide bonds. The zero-order valence-corrected chi connectivity index (χ0v) is 16.2. The van der Waals surface area contributed by atoms with Gasteiger partial charge in [0.05, 0.1) is 12.8 Å². The standard InChI is InChI=1S/C22H21N3O4/c1-14(2)11-24-12-15(17-7-3-4-8-19(17)24)10-18-20(26)23-22(28)25(21(18)27)13-16-6-5-9-29-16/h3-10,12,14H,11,13H2,1-2H3,(H,23,26,28)/b18-10-.